The van der Waals surface area contributed by atoms with Gasteiger partial charge in [0.25, 0.3) is 0 Å². The Bertz CT molecular complexity index is 120. The molecule has 0 fully saturated rings. The number of hydrogen-bond acceptors (Lipinski definition) is 7. The fourth-order valence-electron chi connectivity index (χ4n) is 0.263. The standard InChI is InChI=1S/CH7BO7P2/c2-1-8-11(6,7)9-10(3,4)5/h3-7H,1H2/q+2. The van der Waals surface area contributed by atoms with Gasteiger partial charge in [-0.05, 0) is 0 Å². The summed E-state index contributed by atoms with van der Waals surface area (Å²) in [6.07, 6.45) is 0. The van der Waals surface area contributed by atoms with Crippen LogP contribution in [0, 0.1) is 0 Å². The van der Waals surface area contributed by atoms with Gasteiger partial charge in [-0.1, -0.05) is 0 Å². The molecule has 0 spiro atoms. The maximum atomic E-state index is 8.54. The molecular weight excluding hydrogens is 197 g/mol. The molecule has 2 radical (unpaired) electrons. The van der Waals surface area contributed by atoms with Gasteiger partial charge in [0.2, 0.25) is 0 Å². The predicted molar refractivity (Wildman–Crippen MR) is 37.7 cm³/mol. The highest BCUT2D eigenvalue weighted by Crippen LogP contribution is 2.66. The van der Waals surface area contributed by atoms with E-state index in [0.29, 0.717) is 0 Å². The highest BCUT2D eigenvalue weighted by molar-refractivity contribution is 7.67. The molecule has 0 saturated heterocycles. The first-order valence-electron chi connectivity index (χ1n) is 2.24. The van der Waals surface area contributed by atoms with Gasteiger partial charge >= 0.3 is 16.3 Å². The zero-order valence-electron chi connectivity index (χ0n) is 5.23. The molecule has 0 aromatic heterocycles. The van der Waals surface area contributed by atoms with Crippen molar-refractivity contribution in [2.24, 2.45) is 0 Å². The second kappa shape index (κ2) is 4.05. The first kappa shape index (κ1) is 11.6. The number of rotatable bonds is 4. The van der Waals surface area contributed by atoms with E-state index >= 15 is 0 Å². The molecule has 0 aromatic carbocycles. The lowest BCUT2D eigenvalue weighted by atomic mass is 10.2. The lowest BCUT2D eigenvalue weighted by Gasteiger charge is -2.05. The van der Waals surface area contributed by atoms with Crippen LogP contribution in [0.15, 0.2) is 0 Å². The maximum absolute atomic E-state index is 8.54. The van der Waals surface area contributed by atoms with Crippen LogP contribution in [0.3, 0.4) is 0 Å². The molecule has 0 bridgehead atoms. The Morgan fingerprint density at radius 1 is 1.09 bits per heavy atom. The zero-order valence-corrected chi connectivity index (χ0v) is 7.02. The van der Waals surface area contributed by atoms with E-state index in [4.69, 9.17) is 32.3 Å². The Morgan fingerprint density at radius 2 is 1.55 bits per heavy atom. The van der Waals surface area contributed by atoms with E-state index in [-0.39, 0.29) is 0 Å². The van der Waals surface area contributed by atoms with Gasteiger partial charge in [0.15, 0.2) is 0 Å². The molecule has 5 N–H and O–H groups in total. The summed E-state index contributed by atoms with van der Waals surface area (Å²) in [7, 11) is -4.38. The average molecular weight is 204 g/mol. The van der Waals surface area contributed by atoms with Crippen LogP contribution in [0.2, 0.25) is 0 Å². The van der Waals surface area contributed by atoms with E-state index in [1.807, 2.05) is 0 Å². The second-order valence-corrected chi connectivity index (χ2v) is 4.30. The predicted octanol–water partition coefficient (Wildman–Crippen LogP) is -1.54. The quantitative estimate of drug-likeness (QED) is 0.278. The van der Waals surface area contributed by atoms with E-state index in [1.54, 1.807) is 0 Å². The molecule has 0 aliphatic carbocycles. The molecule has 7 nitrogen and oxygen atoms in total. The van der Waals surface area contributed by atoms with Crippen LogP contribution in [0.5, 0.6) is 0 Å². The van der Waals surface area contributed by atoms with Gasteiger partial charge < -0.3 is 0 Å². The third-order valence-corrected chi connectivity index (χ3v) is 2.67. The summed E-state index contributed by atoms with van der Waals surface area (Å²) in [5.74, 6) is 0. The summed E-state index contributed by atoms with van der Waals surface area (Å²) >= 11 is 0. The Labute approximate surface area is 65.0 Å². The van der Waals surface area contributed by atoms with Crippen LogP contribution >= 0.6 is 16.3 Å². The van der Waals surface area contributed by atoms with E-state index in [0.717, 1.165) is 0 Å². The minimum absolute atomic E-state index is 0.583. The van der Waals surface area contributed by atoms with Gasteiger partial charge in [-0.25, -0.2) is 0 Å². The van der Waals surface area contributed by atoms with Crippen LogP contribution < -0.4 is 0 Å². The SMILES string of the molecule is [B]CO[P+](O)(O)O[P+](O)(O)O. The molecule has 0 heterocycles. The van der Waals surface area contributed by atoms with E-state index in [1.165, 1.54) is 0 Å². The summed E-state index contributed by atoms with van der Waals surface area (Å²) < 4.78 is 7.49. The van der Waals surface area contributed by atoms with E-state index in [2.05, 4.69) is 8.83 Å². The van der Waals surface area contributed by atoms with E-state index < -0.39 is 22.8 Å². The fourth-order valence-corrected chi connectivity index (χ4v) is 1.79. The van der Waals surface area contributed by atoms with Crippen molar-refractivity contribution >= 4 is 24.2 Å². The van der Waals surface area contributed by atoms with Gasteiger partial charge in [0, 0.05) is 0 Å². The average Bonchev–Trinajstić information content (AvgIpc) is 1.55. The lowest BCUT2D eigenvalue weighted by molar-refractivity contribution is 0.149. The van der Waals surface area contributed by atoms with Crippen molar-refractivity contribution in [1.29, 1.82) is 0 Å². The van der Waals surface area contributed by atoms with Gasteiger partial charge in [-0.2, -0.15) is 29.0 Å². The molecule has 0 aliphatic heterocycles. The van der Waals surface area contributed by atoms with Gasteiger partial charge in [-0.3, -0.25) is 0 Å². The van der Waals surface area contributed by atoms with Crippen molar-refractivity contribution in [1.82, 2.24) is 0 Å². The molecule has 0 saturated carbocycles. The first-order valence-corrected chi connectivity index (χ1v) is 5.34. The minimum Gasteiger partial charge on any atom is -0.165 e. The van der Waals surface area contributed by atoms with E-state index in [9.17, 15) is 0 Å². The number of hydrogen-bond donors (Lipinski definition) is 5. The van der Waals surface area contributed by atoms with Crippen molar-refractivity contribution < 1.29 is 33.3 Å². The molecule has 0 rings (SSSR count). The van der Waals surface area contributed by atoms with Crippen molar-refractivity contribution in [2.45, 2.75) is 0 Å². The fraction of sp³-hybridized carbons (Fsp3) is 1.00. The Hall–Kier alpha value is 0.645. The normalized spacial score (nSPS) is 13.5. The third-order valence-electron chi connectivity index (χ3n) is 0.459. The molecule has 0 amide bonds. The molecule has 10 heteroatoms. The first-order chi connectivity index (χ1) is 4.77. The lowest BCUT2D eigenvalue weighted by Crippen LogP contribution is -2.04. The van der Waals surface area contributed by atoms with Gasteiger partial charge in [-0.15, -0.1) is 0 Å². The molecule has 0 atom stereocenters. The van der Waals surface area contributed by atoms with Crippen LogP contribution in [0.25, 0.3) is 0 Å². The summed E-state index contributed by atoms with van der Waals surface area (Å²) in [4.78, 5) is 41.6. The monoisotopic (exact) mass is 204 g/mol. The third kappa shape index (κ3) is 7.02. The van der Waals surface area contributed by atoms with Gasteiger partial charge in [0.05, 0.1) is 10.8 Å². The van der Waals surface area contributed by atoms with Crippen LogP contribution in [0.4, 0.5) is 0 Å². The van der Waals surface area contributed by atoms with Crippen LogP contribution in [0.1, 0.15) is 0 Å². The second-order valence-electron chi connectivity index (χ2n) is 1.38. The van der Waals surface area contributed by atoms with Crippen molar-refractivity contribution in [2.75, 3.05) is 6.51 Å². The molecule has 64 valence electrons. The smallest absolute Gasteiger partial charge is 0.165 e. The zero-order chi connectivity index (χ0) is 9.12. The summed E-state index contributed by atoms with van der Waals surface area (Å²) in [5.41, 5.74) is 0. The minimum atomic E-state index is -4.70. The summed E-state index contributed by atoms with van der Waals surface area (Å²) in [6.45, 7) is -0.583. The molecular formula is CH7BO7P2+2. The topological polar surface area (TPSA) is 120 Å². The highest BCUT2D eigenvalue weighted by atomic mass is 31.3. The summed E-state index contributed by atoms with van der Waals surface area (Å²) in [5, 5.41) is 0. The summed E-state index contributed by atoms with van der Waals surface area (Å²) in [6, 6.07) is 0. The maximum Gasteiger partial charge on any atom is 0.619 e. The van der Waals surface area contributed by atoms with Crippen LogP contribution in [-0.2, 0) is 8.83 Å². The highest BCUT2D eigenvalue weighted by Gasteiger charge is 2.57. The Balaban J connectivity index is 3.91. The van der Waals surface area contributed by atoms with Crippen molar-refractivity contribution in [3.63, 3.8) is 0 Å². The Morgan fingerprint density at radius 3 is 1.82 bits per heavy atom. The largest absolute Gasteiger partial charge is 0.619 e. The molecule has 0 aliphatic rings. The van der Waals surface area contributed by atoms with Crippen molar-refractivity contribution in [3.8, 4) is 0 Å². The molecule has 0 aromatic rings. The van der Waals surface area contributed by atoms with Crippen molar-refractivity contribution in [3.05, 3.63) is 0 Å². The molecule has 11 heavy (non-hydrogen) atoms. The Kier molecular flexibility index (Phi) is 4.28. The molecule has 0 unspecified atom stereocenters. The van der Waals surface area contributed by atoms with Gasteiger partial charge in [0.1, 0.15) is 7.85 Å². The van der Waals surface area contributed by atoms with Crippen LogP contribution in [-0.4, -0.2) is 38.8 Å².